The van der Waals surface area contributed by atoms with Crippen molar-refractivity contribution < 1.29 is 4.74 Å². The highest BCUT2D eigenvalue weighted by molar-refractivity contribution is 5.59. The molecule has 0 aliphatic carbocycles. The van der Waals surface area contributed by atoms with Crippen molar-refractivity contribution in [2.45, 2.75) is 6.54 Å². The van der Waals surface area contributed by atoms with Crippen LogP contribution in [0.15, 0.2) is 42.5 Å². The van der Waals surface area contributed by atoms with Gasteiger partial charge in [-0.05, 0) is 29.8 Å². The van der Waals surface area contributed by atoms with Crippen LogP contribution in [0.25, 0.3) is 0 Å². The van der Waals surface area contributed by atoms with Gasteiger partial charge in [-0.25, -0.2) is 0 Å². The first-order valence-corrected chi connectivity index (χ1v) is 6.08. The van der Waals surface area contributed by atoms with Crippen LogP contribution < -0.4 is 10.1 Å². The highest BCUT2D eigenvalue weighted by Crippen LogP contribution is 2.25. The largest absolute Gasteiger partial charge is 0.495 e. The van der Waals surface area contributed by atoms with E-state index < -0.39 is 0 Å². The zero-order valence-electron chi connectivity index (χ0n) is 11.1. The number of methoxy groups -OCH3 is 1. The third-order valence-corrected chi connectivity index (χ3v) is 2.90. The summed E-state index contributed by atoms with van der Waals surface area (Å²) in [6.07, 6.45) is 0. The lowest BCUT2D eigenvalue weighted by molar-refractivity contribution is 0.416. The van der Waals surface area contributed by atoms with E-state index >= 15 is 0 Å². The lowest BCUT2D eigenvalue weighted by Gasteiger charge is -2.11. The minimum absolute atomic E-state index is 0.561. The third kappa shape index (κ3) is 3.07. The maximum Gasteiger partial charge on any atom is 0.143 e. The molecule has 0 bridgehead atoms. The van der Waals surface area contributed by atoms with Gasteiger partial charge in [0.15, 0.2) is 0 Å². The van der Waals surface area contributed by atoms with Gasteiger partial charge in [0.1, 0.15) is 5.75 Å². The fraction of sp³-hybridized carbons (Fsp3) is 0.125. The molecule has 4 nitrogen and oxygen atoms in total. The van der Waals surface area contributed by atoms with E-state index in [4.69, 9.17) is 15.3 Å². The molecule has 98 valence electrons. The summed E-state index contributed by atoms with van der Waals surface area (Å²) in [4.78, 5) is 0. The smallest absolute Gasteiger partial charge is 0.143 e. The summed E-state index contributed by atoms with van der Waals surface area (Å²) in [5.74, 6) is 0.637. The molecule has 1 N–H and O–H groups in total. The number of benzene rings is 2. The number of nitrogens with zero attached hydrogens (tertiary/aromatic N) is 2. The van der Waals surface area contributed by atoms with Gasteiger partial charge in [0.05, 0.1) is 36.1 Å². The van der Waals surface area contributed by atoms with Crippen molar-refractivity contribution >= 4 is 5.69 Å². The topological polar surface area (TPSA) is 68.8 Å². The van der Waals surface area contributed by atoms with E-state index in [1.807, 2.05) is 18.2 Å². The van der Waals surface area contributed by atoms with Crippen molar-refractivity contribution in [3.63, 3.8) is 0 Å². The van der Waals surface area contributed by atoms with Crippen LogP contribution in [-0.2, 0) is 6.54 Å². The van der Waals surface area contributed by atoms with Gasteiger partial charge < -0.3 is 10.1 Å². The molecule has 0 heterocycles. The van der Waals surface area contributed by atoms with Crippen LogP contribution in [0.3, 0.4) is 0 Å². The van der Waals surface area contributed by atoms with Crippen molar-refractivity contribution in [2.75, 3.05) is 12.4 Å². The van der Waals surface area contributed by atoms with Crippen molar-refractivity contribution in [1.82, 2.24) is 0 Å². The third-order valence-electron chi connectivity index (χ3n) is 2.90. The van der Waals surface area contributed by atoms with Gasteiger partial charge in [-0.2, -0.15) is 10.5 Å². The minimum atomic E-state index is 0.561. The molecular formula is C16H13N3O. The van der Waals surface area contributed by atoms with Crippen molar-refractivity contribution in [2.24, 2.45) is 0 Å². The standard InChI is InChI=1S/C16H13N3O/c1-20-16-8-14(10-18)6-7-15(16)19-11-13-4-2-12(9-17)3-5-13/h2-8,19H,11H2,1H3. The quantitative estimate of drug-likeness (QED) is 0.920. The number of rotatable bonds is 4. The summed E-state index contributed by atoms with van der Waals surface area (Å²) in [5, 5.41) is 20.9. The predicted octanol–water partition coefficient (Wildman–Crippen LogP) is 3.05. The van der Waals surface area contributed by atoms with Crippen molar-refractivity contribution in [3.05, 3.63) is 59.2 Å². The second kappa shape index (κ2) is 6.26. The fourth-order valence-corrected chi connectivity index (χ4v) is 1.80. The first kappa shape index (κ1) is 13.5. The van der Waals surface area contributed by atoms with Gasteiger partial charge in [-0.3, -0.25) is 0 Å². The number of nitriles is 2. The van der Waals surface area contributed by atoms with Gasteiger partial charge in [-0.15, -0.1) is 0 Å². The van der Waals surface area contributed by atoms with Crippen LogP contribution >= 0.6 is 0 Å². The Balaban J connectivity index is 2.10. The van der Waals surface area contributed by atoms with Crippen LogP contribution in [0.1, 0.15) is 16.7 Å². The molecule has 0 fully saturated rings. The molecule has 2 rings (SSSR count). The number of hydrogen-bond donors (Lipinski definition) is 1. The van der Waals surface area contributed by atoms with Gasteiger partial charge in [-0.1, -0.05) is 12.1 Å². The molecule has 0 saturated heterocycles. The van der Waals surface area contributed by atoms with E-state index in [0.717, 1.165) is 11.3 Å². The van der Waals surface area contributed by atoms with E-state index in [9.17, 15) is 0 Å². The highest BCUT2D eigenvalue weighted by atomic mass is 16.5. The Morgan fingerprint density at radius 3 is 2.25 bits per heavy atom. The minimum Gasteiger partial charge on any atom is -0.495 e. The number of nitrogens with one attached hydrogen (secondary N) is 1. The molecule has 0 aromatic heterocycles. The van der Waals surface area contributed by atoms with Gasteiger partial charge in [0.2, 0.25) is 0 Å². The average Bonchev–Trinajstić information content (AvgIpc) is 2.53. The summed E-state index contributed by atoms with van der Waals surface area (Å²) < 4.78 is 5.26. The first-order valence-electron chi connectivity index (χ1n) is 6.08. The number of anilines is 1. The van der Waals surface area contributed by atoms with E-state index in [1.54, 1.807) is 31.4 Å². The van der Waals surface area contributed by atoms with E-state index in [2.05, 4.69) is 17.5 Å². The van der Waals surface area contributed by atoms with Gasteiger partial charge in [0, 0.05) is 12.6 Å². The molecule has 0 amide bonds. The van der Waals surface area contributed by atoms with Crippen LogP contribution in [0.2, 0.25) is 0 Å². The molecule has 0 spiro atoms. The lowest BCUT2D eigenvalue weighted by Crippen LogP contribution is -2.01. The Kier molecular flexibility index (Phi) is 4.21. The summed E-state index contributed by atoms with van der Waals surface area (Å²) >= 11 is 0. The maximum atomic E-state index is 8.85. The van der Waals surface area contributed by atoms with Crippen LogP contribution in [0.4, 0.5) is 5.69 Å². The molecule has 0 unspecified atom stereocenters. The van der Waals surface area contributed by atoms with Crippen LogP contribution in [0, 0.1) is 22.7 Å². The van der Waals surface area contributed by atoms with E-state index in [1.165, 1.54) is 0 Å². The molecule has 2 aromatic rings. The van der Waals surface area contributed by atoms with Crippen molar-refractivity contribution in [1.29, 1.82) is 10.5 Å². The molecule has 4 heteroatoms. The zero-order valence-corrected chi connectivity index (χ0v) is 11.1. The van der Waals surface area contributed by atoms with E-state index in [-0.39, 0.29) is 0 Å². The monoisotopic (exact) mass is 263 g/mol. The van der Waals surface area contributed by atoms with Gasteiger partial charge >= 0.3 is 0 Å². The lowest BCUT2D eigenvalue weighted by atomic mass is 10.1. The average molecular weight is 263 g/mol. The van der Waals surface area contributed by atoms with Crippen LogP contribution in [-0.4, -0.2) is 7.11 Å². The number of hydrogen-bond acceptors (Lipinski definition) is 4. The predicted molar refractivity (Wildman–Crippen MR) is 76.2 cm³/mol. The molecule has 2 aromatic carbocycles. The Hall–Kier alpha value is -2.98. The van der Waals surface area contributed by atoms with E-state index in [0.29, 0.717) is 23.4 Å². The maximum absolute atomic E-state index is 8.85. The fourth-order valence-electron chi connectivity index (χ4n) is 1.80. The molecule has 0 aliphatic rings. The Morgan fingerprint density at radius 2 is 1.65 bits per heavy atom. The second-order valence-corrected chi connectivity index (χ2v) is 4.19. The summed E-state index contributed by atoms with van der Waals surface area (Å²) in [6.45, 7) is 0.619. The Labute approximate surface area is 117 Å². The normalized spacial score (nSPS) is 9.35. The van der Waals surface area contributed by atoms with Crippen molar-refractivity contribution in [3.8, 4) is 17.9 Å². The molecular weight excluding hydrogens is 250 g/mol. The SMILES string of the molecule is COc1cc(C#N)ccc1NCc1ccc(C#N)cc1. The molecule has 0 atom stereocenters. The van der Waals surface area contributed by atoms with Crippen LogP contribution in [0.5, 0.6) is 5.75 Å². The van der Waals surface area contributed by atoms with Gasteiger partial charge in [0.25, 0.3) is 0 Å². The zero-order chi connectivity index (χ0) is 14.4. The molecule has 0 aliphatic heterocycles. The molecule has 20 heavy (non-hydrogen) atoms. The Morgan fingerprint density at radius 1 is 1.00 bits per heavy atom. The molecule has 0 radical (unpaired) electrons. The number of ether oxygens (including phenoxy) is 1. The molecule has 0 saturated carbocycles. The summed E-state index contributed by atoms with van der Waals surface area (Å²) in [6, 6.07) is 16.8. The first-order chi connectivity index (χ1) is 9.76. The highest BCUT2D eigenvalue weighted by Gasteiger charge is 2.04. The summed E-state index contributed by atoms with van der Waals surface area (Å²) in [7, 11) is 1.57. The second-order valence-electron chi connectivity index (χ2n) is 4.19. The Bertz CT molecular complexity index is 678. The summed E-state index contributed by atoms with van der Waals surface area (Å²) in [5.41, 5.74) is 3.10.